The average Bonchev–Trinajstić information content (AvgIpc) is 2.98. The maximum Gasteiger partial charge on any atom is 0.241 e. The lowest BCUT2D eigenvalue weighted by Crippen LogP contribution is -2.31. The standard InChI is InChI=1S/C12H17BrN4O2/c1-12(2,13)11(19)16-9-5-14-17(6-9)7-10(18)15-8-3-4-8/h5-6,8H,3-4,7H2,1-2H3,(H,15,18)(H,16,19). The Kier molecular flexibility index (Phi) is 3.93. The molecule has 7 heteroatoms. The Morgan fingerprint density at radius 1 is 1.53 bits per heavy atom. The lowest BCUT2D eigenvalue weighted by molar-refractivity contribution is -0.122. The van der Waals surface area contributed by atoms with Crippen LogP contribution in [0.15, 0.2) is 12.4 Å². The summed E-state index contributed by atoms with van der Waals surface area (Å²) in [7, 11) is 0. The molecule has 1 aromatic rings. The van der Waals surface area contributed by atoms with Crippen LogP contribution in [0.25, 0.3) is 0 Å². The zero-order valence-corrected chi connectivity index (χ0v) is 12.5. The van der Waals surface area contributed by atoms with Crippen LogP contribution >= 0.6 is 15.9 Å². The lowest BCUT2D eigenvalue weighted by atomic mass is 10.2. The molecule has 0 radical (unpaired) electrons. The van der Waals surface area contributed by atoms with Gasteiger partial charge in [-0.3, -0.25) is 14.3 Å². The fourth-order valence-electron chi connectivity index (χ4n) is 1.44. The molecule has 2 rings (SSSR count). The predicted octanol–water partition coefficient (Wildman–Crippen LogP) is 1.27. The molecule has 0 unspecified atom stereocenters. The van der Waals surface area contributed by atoms with Crippen LogP contribution in [0.1, 0.15) is 26.7 Å². The largest absolute Gasteiger partial charge is 0.352 e. The quantitative estimate of drug-likeness (QED) is 0.799. The number of nitrogens with one attached hydrogen (secondary N) is 2. The van der Waals surface area contributed by atoms with Crippen LogP contribution in [-0.2, 0) is 16.1 Å². The number of hydrogen-bond acceptors (Lipinski definition) is 3. The Bertz CT molecular complexity index is 488. The second-order valence-corrected chi connectivity index (χ2v) is 7.18. The van der Waals surface area contributed by atoms with E-state index in [0.717, 1.165) is 12.8 Å². The van der Waals surface area contributed by atoms with Gasteiger partial charge in [-0.1, -0.05) is 15.9 Å². The highest BCUT2D eigenvalue weighted by molar-refractivity contribution is 9.10. The van der Waals surface area contributed by atoms with Crippen molar-refractivity contribution in [3.05, 3.63) is 12.4 Å². The van der Waals surface area contributed by atoms with Gasteiger partial charge in [0.25, 0.3) is 0 Å². The second kappa shape index (κ2) is 5.32. The first-order chi connectivity index (χ1) is 8.84. The molecule has 1 fully saturated rings. The highest BCUT2D eigenvalue weighted by atomic mass is 79.9. The summed E-state index contributed by atoms with van der Waals surface area (Å²) < 4.78 is 0.868. The van der Waals surface area contributed by atoms with E-state index in [1.165, 1.54) is 10.9 Å². The molecule has 0 aliphatic heterocycles. The maximum absolute atomic E-state index is 11.7. The summed E-state index contributed by atoms with van der Waals surface area (Å²) in [5.41, 5.74) is 0.580. The first kappa shape index (κ1) is 14.0. The van der Waals surface area contributed by atoms with Crippen LogP contribution in [-0.4, -0.2) is 32.0 Å². The molecule has 1 aliphatic rings. The van der Waals surface area contributed by atoms with Gasteiger partial charge in [0.2, 0.25) is 11.8 Å². The van der Waals surface area contributed by atoms with E-state index in [9.17, 15) is 9.59 Å². The summed E-state index contributed by atoms with van der Waals surface area (Å²) in [6.45, 7) is 3.69. The number of hydrogen-bond donors (Lipinski definition) is 2. The minimum absolute atomic E-state index is 0.0516. The van der Waals surface area contributed by atoms with E-state index in [1.807, 2.05) is 0 Å². The Hall–Kier alpha value is -1.37. The van der Waals surface area contributed by atoms with E-state index in [1.54, 1.807) is 20.0 Å². The van der Waals surface area contributed by atoms with Crippen LogP contribution in [0, 0.1) is 0 Å². The highest BCUT2D eigenvalue weighted by Crippen LogP contribution is 2.19. The SMILES string of the molecule is CC(C)(Br)C(=O)Nc1cnn(CC(=O)NC2CC2)c1. The van der Waals surface area contributed by atoms with Crippen LogP contribution in [0.5, 0.6) is 0 Å². The third-order valence-electron chi connectivity index (χ3n) is 2.68. The number of carbonyl (C=O) groups is 2. The van der Waals surface area contributed by atoms with E-state index in [4.69, 9.17) is 0 Å². The van der Waals surface area contributed by atoms with Crippen molar-refractivity contribution in [2.75, 3.05) is 5.32 Å². The van der Waals surface area contributed by atoms with Gasteiger partial charge in [-0.25, -0.2) is 0 Å². The molecule has 19 heavy (non-hydrogen) atoms. The van der Waals surface area contributed by atoms with Crippen molar-refractivity contribution in [2.45, 2.75) is 43.6 Å². The van der Waals surface area contributed by atoms with E-state index in [2.05, 4.69) is 31.7 Å². The zero-order chi connectivity index (χ0) is 14.0. The summed E-state index contributed by atoms with van der Waals surface area (Å²) in [4.78, 5) is 23.3. The van der Waals surface area contributed by atoms with E-state index in [-0.39, 0.29) is 18.4 Å². The van der Waals surface area contributed by atoms with Crippen LogP contribution in [0.3, 0.4) is 0 Å². The third kappa shape index (κ3) is 4.34. The number of alkyl halides is 1. The third-order valence-corrected chi connectivity index (χ3v) is 3.04. The zero-order valence-electron chi connectivity index (χ0n) is 10.9. The second-order valence-electron chi connectivity index (χ2n) is 5.19. The molecule has 1 saturated carbocycles. The lowest BCUT2D eigenvalue weighted by Gasteiger charge is -2.14. The fraction of sp³-hybridized carbons (Fsp3) is 0.583. The molecule has 1 aliphatic carbocycles. The Balaban J connectivity index is 1.87. The monoisotopic (exact) mass is 328 g/mol. The summed E-state index contributed by atoms with van der Waals surface area (Å²) in [5.74, 6) is -0.209. The minimum Gasteiger partial charge on any atom is -0.352 e. The van der Waals surface area contributed by atoms with E-state index >= 15 is 0 Å². The van der Waals surface area contributed by atoms with Crippen molar-refractivity contribution < 1.29 is 9.59 Å². The summed E-state index contributed by atoms with van der Waals surface area (Å²) in [5, 5.41) is 9.65. The van der Waals surface area contributed by atoms with Crippen LogP contribution in [0.2, 0.25) is 0 Å². The molecule has 1 heterocycles. The van der Waals surface area contributed by atoms with Crippen LogP contribution in [0.4, 0.5) is 5.69 Å². The molecule has 0 atom stereocenters. The topological polar surface area (TPSA) is 76.0 Å². The molecule has 104 valence electrons. The summed E-state index contributed by atoms with van der Waals surface area (Å²) in [6, 6.07) is 0.344. The molecule has 6 nitrogen and oxygen atoms in total. The molecule has 2 N–H and O–H groups in total. The van der Waals surface area contributed by atoms with E-state index < -0.39 is 4.32 Å². The number of amides is 2. The average molecular weight is 329 g/mol. The van der Waals surface area contributed by atoms with Crippen molar-refractivity contribution in [2.24, 2.45) is 0 Å². The van der Waals surface area contributed by atoms with Gasteiger partial charge in [0.1, 0.15) is 6.54 Å². The van der Waals surface area contributed by atoms with Gasteiger partial charge >= 0.3 is 0 Å². The van der Waals surface area contributed by atoms with Gasteiger partial charge in [-0.2, -0.15) is 5.10 Å². The summed E-state index contributed by atoms with van der Waals surface area (Å²) in [6.07, 6.45) is 5.29. The molecular formula is C12H17BrN4O2. The Morgan fingerprint density at radius 3 is 2.79 bits per heavy atom. The van der Waals surface area contributed by atoms with Gasteiger partial charge in [0.05, 0.1) is 16.2 Å². The number of halogens is 1. The van der Waals surface area contributed by atoms with Crippen molar-refractivity contribution in [1.29, 1.82) is 0 Å². The van der Waals surface area contributed by atoms with Gasteiger partial charge in [-0.05, 0) is 26.7 Å². The first-order valence-electron chi connectivity index (χ1n) is 6.17. The number of anilines is 1. The van der Waals surface area contributed by atoms with Crippen molar-refractivity contribution in [3.63, 3.8) is 0 Å². The predicted molar refractivity (Wildman–Crippen MR) is 75.0 cm³/mol. The van der Waals surface area contributed by atoms with Crippen molar-refractivity contribution in [3.8, 4) is 0 Å². The van der Waals surface area contributed by atoms with Crippen molar-refractivity contribution >= 4 is 33.4 Å². The number of rotatable bonds is 5. The molecule has 0 aromatic carbocycles. The highest BCUT2D eigenvalue weighted by Gasteiger charge is 2.25. The molecule has 2 amide bonds. The molecule has 0 saturated heterocycles. The number of carbonyl (C=O) groups excluding carboxylic acids is 2. The Morgan fingerprint density at radius 2 is 2.21 bits per heavy atom. The molecule has 1 aromatic heterocycles. The summed E-state index contributed by atoms with van der Waals surface area (Å²) >= 11 is 3.28. The molecule has 0 bridgehead atoms. The van der Waals surface area contributed by atoms with Gasteiger partial charge in [0, 0.05) is 12.2 Å². The van der Waals surface area contributed by atoms with Gasteiger partial charge in [0.15, 0.2) is 0 Å². The van der Waals surface area contributed by atoms with Crippen LogP contribution < -0.4 is 10.6 Å². The van der Waals surface area contributed by atoms with Gasteiger partial charge < -0.3 is 10.6 Å². The smallest absolute Gasteiger partial charge is 0.241 e. The first-order valence-corrected chi connectivity index (χ1v) is 6.96. The minimum atomic E-state index is -0.640. The maximum atomic E-state index is 11.7. The number of aromatic nitrogens is 2. The molecular weight excluding hydrogens is 312 g/mol. The number of nitrogens with zero attached hydrogens (tertiary/aromatic N) is 2. The van der Waals surface area contributed by atoms with Crippen molar-refractivity contribution in [1.82, 2.24) is 15.1 Å². The fourth-order valence-corrected chi connectivity index (χ4v) is 1.54. The van der Waals surface area contributed by atoms with E-state index in [0.29, 0.717) is 11.7 Å². The molecule has 0 spiro atoms. The Labute approximate surface area is 120 Å². The normalized spacial score (nSPS) is 15.1. The van der Waals surface area contributed by atoms with Gasteiger partial charge in [-0.15, -0.1) is 0 Å².